The summed E-state index contributed by atoms with van der Waals surface area (Å²) in [5.41, 5.74) is -0.820. The topological polar surface area (TPSA) is 49.8 Å². The molecule has 0 saturated heterocycles. The van der Waals surface area contributed by atoms with Gasteiger partial charge in [-0.25, -0.2) is 26.9 Å². The standard InChI is InChI=1S/C16H9F5N4/c17-8-4-5-11(14(21)13(8)20)23-16-22-7-6-12(25-16)24-15-9(18)2-1-3-10(15)19/h1-7H,(H2,22,23,24,25). The number of hydrogen-bond donors (Lipinski definition) is 2. The Kier molecular flexibility index (Phi) is 4.46. The number of rotatable bonds is 4. The van der Waals surface area contributed by atoms with Crippen molar-refractivity contribution >= 4 is 23.1 Å². The molecule has 0 amide bonds. The lowest BCUT2D eigenvalue weighted by Crippen LogP contribution is -2.04. The van der Waals surface area contributed by atoms with Gasteiger partial charge in [0.15, 0.2) is 17.5 Å². The van der Waals surface area contributed by atoms with E-state index >= 15 is 0 Å². The molecule has 0 bridgehead atoms. The number of aromatic nitrogens is 2. The lowest BCUT2D eigenvalue weighted by Gasteiger charge is -2.10. The molecule has 0 spiro atoms. The second-order valence-electron chi connectivity index (χ2n) is 4.84. The summed E-state index contributed by atoms with van der Waals surface area (Å²) in [4.78, 5) is 7.67. The predicted molar refractivity (Wildman–Crippen MR) is 81.3 cm³/mol. The number of anilines is 4. The van der Waals surface area contributed by atoms with Crippen LogP contribution in [0.3, 0.4) is 0 Å². The zero-order chi connectivity index (χ0) is 18.0. The van der Waals surface area contributed by atoms with E-state index in [0.717, 1.165) is 24.3 Å². The minimum absolute atomic E-state index is 0.00416. The van der Waals surface area contributed by atoms with Crippen LogP contribution in [0, 0.1) is 29.1 Å². The monoisotopic (exact) mass is 352 g/mol. The van der Waals surface area contributed by atoms with Crippen LogP contribution in [0.15, 0.2) is 42.6 Å². The van der Waals surface area contributed by atoms with Crippen LogP contribution in [0.1, 0.15) is 0 Å². The van der Waals surface area contributed by atoms with Gasteiger partial charge in [0.2, 0.25) is 5.95 Å². The minimum Gasteiger partial charge on any atom is -0.335 e. The molecule has 0 aliphatic carbocycles. The molecule has 3 aromatic rings. The van der Waals surface area contributed by atoms with Crippen molar-refractivity contribution < 1.29 is 22.0 Å². The molecule has 4 nitrogen and oxygen atoms in total. The SMILES string of the molecule is Fc1ccc(Nc2nccc(Nc3c(F)cccc3F)n2)c(F)c1F. The third kappa shape index (κ3) is 3.49. The van der Waals surface area contributed by atoms with E-state index in [1.807, 2.05) is 0 Å². The van der Waals surface area contributed by atoms with Crippen molar-refractivity contribution in [3.8, 4) is 0 Å². The summed E-state index contributed by atoms with van der Waals surface area (Å²) in [5.74, 6) is -6.28. The van der Waals surface area contributed by atoms with Crippen LogP contribution in [0.4, 0.5) is 45.1 Å². The normalized spacial score (nSPS) is 10.6. The zero-order valence-corrected chi connectivity index (χ0v) is 12.3. The number of para-hydroxylation sites is 1. The molecule has 2 N–H and O–H groups in total. The van der Waals surface area contributed by atoms with Crippen molar-refractivity contribution in [2.24, 2.45) is 0 Å². The van der Waals surface area contributed by atoms with Crippen molar-refractivity contribution in [2.45, 2.75) is 0 Å². The van der Waals surface area contributed by atoms with Gasteiger partial charge in [0.05, 0.1) is 5.69 Å². The first-order chi connectivity index (χ1) is 12.0. The Morgan fingerprint density at radius 1 is 0.720 bits per heavy atom. The maximum atomic E-state index is 13.7. The lowest BCUT2D eigenvalue weighted by atomic mass is 10.3. The molecule has 0 unspecified atom stereocenters. The highest BCUT2D eigenvalue weighted by molar-refractivity contribution is 5.60. The summed E-state index contributed by atoms with van der Waals surface area (Å²) in [5, 5.41) is 4.80. The first-order valence-electron chi connectivity index (χ1n) is 6.90. The molecule has 0 aliphatic rings. The molecular formula is C16H9F5N4. The van der Waals surface area contributed by atoms with E-state index in [4.69, 9.17) is 0 Å². The van der Waals surface area contributed by atoms with Crippen LogP contribution in [-0.4, -0.2) is 9.97 Å². The molecule has 128 valence electrons. The smallest absolute Gasteiger partial charge is 0.229 e. The van der Waals surface area contributed by atoms with Gasteiger partial charge >= 0.3 is 0 Å². The van der Waals surface area contributed by atoms with Crippen LogP contribution >= 0.6 is 0 Å². The Bertz CT molecular complexity index is 912. The molecule has 0 saturated carbocycles. The fourth-order valence-corrected chi connectivity index (χ4v) is 1.98. The van der Waals surface area contributed by atoms with Crippen LogP contribution in [0.2, 0.25) is 0 Å². The first kappa shape index (κ1) is 16.6. The molecule has 9 heteroatoms. The molecule has 2 aromatic carbocycles. The van der Waals surface area contributed by atoms with Crippen LogP contribution in [-0.2, 0) is 0 Å². The number of hydrogen-bond acceptors (Lipinski definition) is 4. The van der Waals surface area contributed by atoms with E-state index in [-0.39, 0.29) is 11.8 Å². The number of nitrogens with zero attached hydrogens (tertiary/aromatic N) is 2. The molecule has 1 aromatic heterocycles. The Morgan fingerprint density at radius 2 is 1.44 bits per heavy atom. The lowest BCUT2D eigenvalue weighted by molar-refractivity contribution is 0.449. The van der Waals surface area contributed by atoms with Gasteiger partial charge in [0.25, 0.3) is 0 Å². The van der Waals surface area contributed by atoms with Gasteiger partial charge in [-0.15, -0.1) is 0 Å². The molecule has 0 fully saturated rings. The van der Waals surface area contributed by atoms with Gasteiger partial charge in [0, 0.05) is 6.20 Å². The highest BCUT2D eigenvalue weighted by Crippen LogP contribution is 2.24. The molecule has 1 heterocycles. The molecular weight excluding hydrogens is 343 g/mol. The molecule has 0 atom stereocenters. The Morgan fingerprint density at radius 3 is 2.16 bits per heavy atom. The van der Waals surface area contributed by atoms with E-state index in [1.165, 1.54) is 18.3 Å². The van der Waals surface area contributed by atoms with E-state index in [9.17, 15) is 22.0 Å². The van der Waals surface area contributed by atoms with Crippen molar-refractivity contribution in [3.63, 3.8) is 0 Å². The number of nitrogens with one attached hydrogen (secondary N) is 2. The van der Waals surface area contributed by atoms with Crippen molar-refractivity contribution in [1.29, 1.82) is 0 Å². The third-order valence-corrected chi connectivity index (χ3v) is 3.15. The van der Waals surface area contributed by atoms with Gasteiger partial charge in [-0.1, -0.05) is 6.07 Å². The van der Waals surface area contributed by atoms with E-state index in [1.54, 1.807) is 0 Å². The quantitative estimate of drug-likeness (QED) is 0.530. The predicted octanol–water partition coefficient (Wildman–Crippen LogP) is 4.66. The number of halogens is 5. The highest BCUT2D eigenvalue weighted by Gasteiger charge is 2.15. The summed E-state index contributed by atoms with van der Waals surface area (Å²) in [6, 6.07) is 6.34. The van der Waals surface area contributed by atoms with Crippen molar-refractivity contribution in [3.05, 3.63) is 71.7 Å². The van der Waals surface area contributed by atoms with E-state index < -0.39 is 40.5 Å². The Labute approximate surface area is 138 Å². The second-order valence-corrected chi connectivity index (χ2v) is 4.84. The van der Waals surface area contributed by atoms with Gasteiger partial charge in [-0.2, -0.15) is 4.98 Å². The Hall–Kier alpha value is -3.23. The van der Waals surface area contributed by atoms with Crippen molar-refractivity contribution in [2.75, 3.05) is 10.6 Å². The maximum absolute atomic E-state index is 13.7. The van der Waals surface area contributed by atoms with Crippen LogP contribution in [0.5, 0.6) is 0 Å². The van der Waals surface area contributed by atoms with Gasteiger partial charge in [0.1, 0.15) is 23.1 Å². The summed E-state index contributed by atoms with van der Waals surface area (Å²) < 4.78 is 67.1. The summed E-state index contributed by atoms with van der Waals surface area (Å²) >= 11 is 0. The first-order valence-corrected chi connectivity index (χ1v) is 6.90. The fraction of sp³-hybridized carbons (Fsp3) is 0. The summed E-state index contributed by atoms with van der Waals surface area (Å²) in [7, 11) is 0. The molecule has 25 heavy (non-hydrogen) atoms. The van der Waals surface area contributed by atoms with Crippen molar-refractivity contribution in [1.82, 2.24) is 9.97 Å². The van der Waals surface area contributed by atoms with Gasteiger partial charge in [-0.3, -0.25) is 0 Å². The third-order valence-electron chi connectivity index (χ3n) is 3.15. The van der Waals surface area contributed by atoms with E-state index in [0.29, 0.717) is 0 Å². The van der Waals surface area contributed by atoms with Gasteiger partial charge < -0.3 is 10.6 Å². The Balaban J connectivity index is 1.86. The number of benzene rings is 2. The second kappa shape index (κ2) is 6.71. The molecule has 0 aliphatic heterocycles. The van der Waals surface area contributed by atoms with Crippen LogP contribution < -0.4 is 10.6 Å². The largest absolute Gasteiger partial charge is 0.335 e. The fourth-order valence-electron chi connectivity index (χ4n) is 1.98. The average Bonchev–Trinajstić information content (AvgIpc) is 2.59. The zero-order valence-electron chi connectivity index (χ0n) is 12.3. The van der Waals surface area contributed by atoms with Gasteiger partial charge in [-0.05, 0) is 30.3 Å². The van der Waals surface area contributed by atoms with Crippen LogP contribution in [0.25, 0.3) is 0 Å². The molecule has 0 radical (unpaired) electrons. The van der Waals surface area contributed by atoms with E-state index in [2.05, 4.69) is 20.6 Å². The average molecular weight is 352 g/mol. The maximum Gasteiger partial charge on any atom is 0.229 e. The minimum atomic E-state index is -1.65. The highest BCUT2D eigenvalue weighted by atomic mass is 19.2. The summed E-state index contributed by atoms with van der Waals surface area (Å²) in [6.45, 7) is 0. The molecule has 3 rings (SSSR count). The summed E-state index contributed by atoms with van der Waals surface area (Å²) in [6.07, 6.45) is 1.23.